The molecule has 0 unspecified atom stereocenters. The van der Waals surface area contributed by atoms with Crippen molar-refractivity contribution in [2.24, 2.45) is 5.73 Å². The lowest BCUT2D eigenvalue weighted by molar-refractivity contribution is -0.384. The van der Waals surface area contributed by atoms with Crippen molar-refractivity contribution in [1.29, 1.82) is 0 Å². The first kappa shape index (κ1) is 12.7. The van der Waals surface area contributed by atoms with E-state index in [2.05, 4.69) is 26.0 Å². The van der Waals surface area contributed by atoms with Gasteiger partial charge in [-0.25, -0.2) is 9.67 Å². The number of nitro benzene ring substituents is 1. The summed E-state index contributed by atoms with van der Waals surface area (Å²) in [4.78, 5) is 14.2. The zero-order valence-electron chi connectivity index (χ0n) is 9.28. The first-order valence-electron chi connectivity index (χ1n) is 5.11. The van der Waals surface area contributed by atoms with Gasteiger partial charge >= 0.3 is 0 Å². The smallest absolute Gasteiger partial charge is 0.270 e. The van der Waals surface area contributed by atoms with Crippen LogP contribution in [0.5, 0.6) is 0 Å². The molecule has 1 heterocycles. The van der Waals surface area contributed by atoms with Crippen LogP contribution in [-0.4, -0.2) is 19.7 Å². The summed E-state index contributed by atoms with van der Waals surface area (Å²) in [6.45, 7) is 0.760. The van der Waals surface area contributed by atoms with E-state index in [4.69, 9.17) is 5.73 Å². The molecule has 0 saturated carbocycles. The van der Waals surface area contributed by atoms with Gasteiger partial charge in [-0.15, -0.1) is 0 Å². The molecule has 18 heavy (non-hydrogen) atoms. The van der Waals surface area contributed by atoms with E-state index in [9.17, 15) is 10.1 Å². The summed E-state index contributed by atoms with van der Waals surface area (Å²) in [5.74, 6) is 0.667. The van der Waals surface area contributed by atoms with Crippen molar-refractivity contribution in [2.75, 3.05) is 0 Å². The molecule has 94 valence electrons. The van der Waals surface area contributed by atoms with Gasteiger partial charge in [0.15, 0.2) is 0 Å². The lowest BCUT2D eigenvalue weighted by atomic mass is 10.2. The number of non-ortho nitro benzene ring substituents is 1. The van der Waals surface area contributed by atoms with Crippen LogP contribution in [0.4, 0.5) is 5.69 Å². The summed E-state index contributed by atoms with van der Waals surface area (Å²) in [5, 5.41) is 14.7. The Bertz CT molecular complexity index is 583. The SMILES string of the molecule is NCc1ncnn1Cc1ccc([N+](=O)[O-])cc1Br. The van der Waals surface area contributed by atoms with Crippen molar-refractivity contribution in [3.8, 4) is 0 Å². The predicted octanol–water partition coefficient (Wildman–Crippen LogP) is 1.46. The molecule has 0 radical (unpaired) electrons. The van der Waals surface area contributed by atoms with Gasteiger partial charge in [0.25, 0.3) is 5.69 Å². The number of nitrogens with two attached hydrogens (primary N) is 1. The van der Waals surface area contributed by atoms with Gasteiger partial charge in [-0.2, -0.15) is 5.10 Å². The number of nitrogens with zero attached hydrogens (tertiary/aromatic N) is 4. The highest BCUT2D eigenvalue weighted by atomic mass is 79.9. The Morgan fingerprint density at radius 2 is 2.28 bits per heavy atom. The Morgan fingerprint density at radius 3 is 2.89 bits per heavy atom. The normalized spacial score (nSPS) is 10.6. The highest BCUT2D eigenvalue weighted by molar-refractivity contribution is 9.10. The Balaban J connectivity index is 2.27. The average Bonchev–Trinajstić information content (AvgIpc) is 2.78. The van der Waals surface area contributed by atoms with Crippen LogP contribution < -0.4 is 5.73 Å². The summed E-state index contributed by atoms with van der Waals surface area (Å²) in [7, 11) is 0. The number of nitro groups is 1. The molecule has 2 aromatic rings. The number of hydrogen-bond acceptors (Lipinski definition) is 5. The molecule has 0 aliphatic heterocycles. The van der Waals surface area contributed by atoms with Crippen LogP contribution in [0, 0.1) is 10.1 Å². The van der Waals surface area contributed by atoms with Gasteiger partial charge in [-0.05, 0) is 11.6 Å². The van der Waals surface area contributed by atoms with Gasteiger partial charge in [0.05, 0.1) is 18.0 Å². The minimum absolute atomic E-state index is 0.0447. The fourth-order valence-electron chi connectivity index (χ4n) is 1.52. The van der Waals surface area contributed by atoms with E-state index in [0.717, 1.165) is 5.56 Å². The van der Waals surface area contributed by atoms with E-state index >= 15 is 0 Å². The lowest BCUT2D eigenvalue weighted by Gasteiger charge is -2.06. The molecule has 0 bridgehead atoms. The number of rotatable bonds is 4. The molecule has 1 aromatic carbocycles. The molecule has 7 nitrogen and oxygen atoms in total. The van der Waals surface area contributed by atoms with Crippen LogP contribution in [0.1, 0.15) is 11.4 Å². The predicted molar refractivity (Wildman–Crippen MR) is 67.8 cm³/mol. The minimum Gasteiger partial charge on any atom is -0.324 e. The number of hydrogen-bond donors (Lipinski definition) is 1. The summed E-state index contributed by atoms with van der Waals surface area (Å²) >= 11 is 3.31. The summed E-state index contributed by atoms with van der Waals surface area (Å²) in [5.41, 5.74) is 6.45. The molecule has 1 aromatic heterocycles. The molecular weight excluding hydrogens is 302 g/mol. The van der Waals surface area contributed by atoms with E-state index in [1.54, 1.807) is 10.7 Å². The van der Waals surface area contributed by atoms with Crippen molar-refractivity contribution in [3.63, 3.8) is 0 Å². The van der Waals surface area contributed by atoms with E-state index in [0.29, 0.717) is 23.4 Å². The third-order valence-corrected chi connectivity index (χ3v) is 3.18. The van der Waals surface area contributed by atoms with Crippen LogP contribution in [0.2, 0.25) is 0 Å². The molecule has 0 spiro atoms. The van der Waals surface area contributed by atoms with Gasteiger partial charge in [0, 0.05) is 16.6 Å². The first-order valence-corrected chi connectivity index (χ1v) is 5.90. The van der Waals surface area contributed by atoms with E-state index in [1.807, 2.05) is 0 Å². The zero-order valence-corrected chi connectivity index (χ0v) is 10.9. The second kappa shape index (κ2) is 5.23. The molecule has 0 saturated heterocycles. The van der Waals surface area contributed by atoms with Crippen LogP contribution in [-0.2, 0) is 13.1 Å². The van der Waals surface area contributed by atoms with Crippen molar-refractivity contribution in [1.82, 2.24) is 14.8 Å². The number of benzene rings is 1. The molecule has 0 aliphatic rings. The largest absolute Gasteiger partial charge is 0.324 e. The molecular formula is C10H10BrN5O2. The first-order chi connectivity index (χ1) is 8.61. The molecule has 0 aliphatic carbocycles. The summed E-state index contributed by atoms with van der Waals surface area (Å²) in [6.07, 6.45) is 1.43. The molecule has 2 N–H and O–H groups in total. The van der Waals surface area contributed by atoms with Crippen molar-refractivity contribution >= 4 is 21.6 Å². The Kier molecular flexibility index (Phi) is 3.68. The highest BCUT2D eigenvalue weighted by Crippen LogP contribution is 2.23. The van der Waals surface area contributed by atoms with Crippen LogP contribution >= 0.6 is 15.9 Å². The Hall–Kier alpha value is -1.80. The van der Waals surface area contributed by atoms with Crippen molar-refractivity contribution in [2.45, 2.75) is 13.1 Å². The standard InChI is InChI=1S/C10H10BrN5O2/c11-9-3-8(16(17)18)2-1-7(9)5-15-10(4-12)13-6-14-15/h1-3,6H,4-5,12H2. The Labute approximate surface area is 111 Å². The molecule has 8 heteroatoms. The average molecular weight is 312 g/mol. The quantitative estimate of drug-likeness (QED) is 0.680. The van der Waals surface area contributed by atoms with Gasteiger partial charge in [-0.3, -0.25) is 10.1 Å². The molecule has 2 rings (SSSR count). The lowest BCUT2D eigenvalue weighted by Crippen LogP contribution is -2.11. The van der Waals surface area contributed by atoms with Crippen LogP contribution in [0.15, 0.2) is 29.0 Å². The van der Waals surface area contributed by atoms with Crippen LogP contribution in [0.25, 0.3) is 0 Å². The highest BCUT2D eigenvalue weighted by Gasteiger charge is 2.11. The van der Waals surface area contributed by atoms with E-state index < -0.39 is 4.92 Å². The van der Waals surface area contributed by atoms with Gasteiger partial charge < -0.3 is 5.73 Å². The monoisotopic (exact) mass is 311 g/mol. The minimum atomic E-state index is -0.435. The molecule has 0 fully saturated rings. The Morgan fingerprint density at radius 1 is 1.50 bits per heavy atom. The third-order valence-electron chi connectivity index (χ3n) is 2.45. The second-order valence-electron chi connectivity index (χ2n) is 3.57. The van der Waals surface area contributed by atoms with Crippen molar-refractivity contribution in [3.05, 3.63) is 50.5 Å². The summed E-state index contributed by atoms with van der Waals surface area (Å²) in [6, 6.07) is 4.61. The van der Waals surface area contributed by atoms with Gasteiger partial charge in [0.2, 0.25) is 0 Å². The fraction of sp³-hybridized carbons (Fsp3) is 0.200. The maximum atomic E-state index is 10.6. The van der Waals surface area contributed by atoms with Crippen LogP contribution in [0.3, 0.4) is 0 Å². The van der Waals surface area contributed by atoms with Gasteiger partial charge in [0.1, 0.15) is 12.2 Å². The molecule has 0 amide bonds. The number of halogens is 1. The summed E-state index contributed by atoms with van der Waals surface area (Å²) < 4.78 is 2.32. The maximum absolute atomic E-state index is 10.6. The zero-order chi connectivity index (χ0) is 13.1. The number of aromatic nitrogens is 3. The van der Waals surface area contributed by atoms with E-state index in [-0.39, 0.29) is 5.69 Å². The van der Waals surface area contributed by atoms with Crippen molar-refractivity contribution < 1.29 is 4.92 Å². The second-order valence-corrected chi connectivity index (χ2v) is 4.43. The molecule has 0 atom stereocenters. The third kappa shape index (κ3) is 2.54. The maximum Gasteiger partial charge on any atom is 0.270 e. The fourth-order valence-corrected chi connectivity index (χ4v) is 2.01. The van der Waals surface area contributed by atoms with E-state index in [1.165, 1.54) is 18.5 Å². The van der Waals surface area contributed by atoms with Gasteiger partial charge in [-0.1, -0.05) is 15.9 Å². The topological polar surface area (TPSA) is 99.9 Å².